The molecule has 1 aromatic rings. The van der Waals surface area contributed by atoms with E-state index in [0.717, 1.165) is 0 Å². The molecule has 2 rings (SSSR count). The first-order chi connectivity index (χ1) is 7.46. The molecule has 0 saturated heterocycles. The van der Waals surface area contributed by atoms with Crippen LogP contribution in [0.5, 0.6) is 0 Å². The Morgan fingerprint density at radius 1 is 0.938 bits per heavy atom. The maximum atomic E-state index is 11.5. The van der Waals surface area contributed by atoms with Crippen LogP contribution < -0.4 is 0 Å². The molecule has 5 heteroatoms. The normalized spacial score (nSPS) is 19.4. The Bertz CT molecular complexity index is 498. The van der Waals surface area contributed by atoms with Crippen LogP contribution in [0.3, 0.4) is 0 Å². The fraction of sp³-hybridized carbons (Fsp3) is 0.0909. The van der Waals surface area contributed by atoms with Crippen LogP contribution >= 0.6 is 0 Å². The summed E-state index contributed by atoms with van der Waals surface area (Å²) in [7, 11) is 0. The fourth-order valence-electron chi connectivity index (χ4n) is 1.54. The molecule has 0 fully saturated rings. The average Bonchev–Trinajstić information content (AvgIpc) is 2.42. The van der Waals surface area contributed by atoms with E-state index >= 15 is 0 Å². The predicted molar refractivity (Wildman–Crippen MR) is 53.2 cm³/mol. The number of aliphatic hydroxyl groups excluding tert-OH is 1. The molecule has 1 aliphatic carbocycles. The summed E-state index contributed by atoms with van der Waals surface area (Å²) >= 11 is 0. The third-order valence-corrected chi connectivity index (χ3v) is 2.37. The third kappa shape index (κ3) is 1.26. The number of hydrogen-bond donors (Lipinski definition) is 3. The van der Waals surface area contributed by atoms with Gasteiger partial charge in [0, 0.05) is 0 Å². The maximum absolute atomic E-state index is 11.5. The van der Waals surface area contributed by atoms with Crippen molar-refractivity contribution in [2.75, 3.05) is 0 Å². The molecular formula is C11H8O5. The Hall–Kier alpha value is -1.98. The molecule has 0 heterocycles. The van der Waals surface area contributed by atoms with Crippen molar-refractivity contribution < 1.29 is 24.9 Å². The van der Waals surface area contributed by atoms with Gasteiger partial charge in [0.1, 0.15) is 0 Å². The van der Waals surface area contributed by atoms with Crippen molar-refractivity contribution in [3.05, 3.63) is 41.7 Å². The number of aliphatic hydroxyl groups is 3. The SMILES string of the molecule is O=C1C(O)=C(c2ccccc2)C(=O)C1(O)O. The number of ketones is 2. The fourth-order valence-corrected chi connectivity index (χ4v) is 1.54. The number of hydrogen-bond acceptors (Lipinski definition) is 5. The van der Waals surface area contributed by atoms with Crippen molar-refractivity contribution in [2.45, 2.75) is 5.79 Å². The average molecular weight is 220 g/mol. The molecule has 0 bridgehead atoms. The van der Waals surface area contributed by atoms with Crippen molar-refractivity contribution >= 4 is 17.1 Å². The first kappa shape index (κ1) is 10.5. The van der Waals surface area contributed by atoms with E-state index in [4.69, 9.17) is 0 Å². The van der Waals surface area contributed by atoms with Gasteiger partial charge in [-0.2, -0.15) is 0 Å². The van der Waals surface area contributed by atoms with Gasteiger partial charge < -0.3 is 15.3 Å². The van der Waals surface area contributed by atoms with Crippen molar-refractivity contribution in [2.24, 2.45) is 0 Å². The van der Waals surface area contributed by atoms with E-state index in [2.05, 4.69) is 0 Å². The summed E-state index contributed by atoms with van der Waals surface area (Å²) in [5, 5.41) is 27.8. The summed E-state index contributed by atoms with van der Waals surface area (Å²) in [6.07, 6.45) is 0. The minimum absolute atomic E-state index is 0.267. The minimum atomic E-state index is -3.14. The molecule has 5 nitrogen and oxygen atoms in total. The molecule has 16 heavy (non-hydrogen) atoms. The Morgan fingerprint density at radius 3 is 1.94 bits per heavy atom. The van der Waals surface area contributed by atoms with Gasteiger partial charge >= 0.3 is 0 Å². The van der Waals surface area contributed by atoms with Gasteiger partial charge in [-0.25, -0.2) is 0 Å². The zero-order chi connectivity index (χ0) is 11.9. The molecule has 1 aromatic carbocycles. The summed E-state index contributed by atoms with van der Waals surface area (Å²) in [5.41, 5.74) is -0.0982. The molecule has 0 atom stereocenters. The van der Waals surface area contributed by atoms with Gasteiger partial charge in [0.25, 0.3) is 11.6 Å². The van der Waals surface area contributed by atoms with Gasteiger partial charge in [-0.15, -0.1) is 0 Å². The summed E-state index contributed by atoms with van der Waals surface area (Å²) in [6.45, 7) is 0. The largest absolute Gasteiger partial charge is 0.504 e. The monoisotopic (exact) mass is 220 g/mol. The maximum Gasteiger partial charge on any atom is 0.298 e. The summed E-state index contributed by atoms with van der Waals surface area (Å²) in [4.78, 5) is 22.7. The lowest BCUT2D eigenvalue weighted by Gasteiger charge is -2.10. The molecule has 3 N–H and O–H groups in total. The molecule has 0 amide bonds. The quantitative estimate of drug-likeness (QED) is 0.449. The van der Waals surface area contributed by atoms with Crippen molar-refractivity contribution in [3.8, 4) is 0 Å². The standard InChI is InChI=1S/C11H8O5/c12-8-7(6-4-2-1-3-5-6)9(13)11(15,16)10(8)14/h1-5,12,15-16H. The van der Waals surface area contributed by atoms with Gasteiger partial charge in [0.05, 0.1) is 5.57 Å². The smallest absolute Gasteiger partial charge is 0.298 e. The van der Waals surface area contributed by atoms with Gasteiger partial charge in [-0.05, 0) is 5.56 Å². The van der Waals surface area contributed by atoms with E-state index < -0.39 is 23.1 Å². The number of rotatable bonds is 1. The van der Waals surface area contributed by atoms with Crippen LogP contribution in [0.1, 0.15) is 5.56 Å². The van der Waals surface area contributed by atoms with Gasteiger partial charge in [0.2, 0.25) is 5.78 Å². The highest BCUT2D eigenvalue weighted by Crippen LogP contribution is 2.31. The zero-order valence-corrected chi connectivity index (χ0v) is 8.04. The van der Waals surface area contributed by atoms with Crippen LogP contribution in [0.25, 0.3) is 5.57 Å². The molecule has 0 saturated carbocycles. The van der Waals surface area contributed by atoms with Gasteiger partial charge in [0.15, 0.2) is 5.76 Å². The second kappa shape index (κ2) is 3.26. The summed E-state index contributed by atoms with van der Waals surface area (Å²) < 4.78 is 0. The first-order valence-electron chi connectivity index (χ1n) is 4.49. The highest BCUT2D eigenvalue weighted by atomic mass is 16.5. The molecule has 0 aliphatic heterocycles. The zero-order valence-electron chi connectivity index (χ0n) is 8.04. The van der Waals surface area contributed by atoms with E-state index in [9.17, 15) is 24.9 Å². The third-order valence-electron chi connectivity index (χ3n) is 2.37. The minimum Gasteiger partial charge on any atom is -0.504 e. The van der Waals surface area contributed by atoms with Crippen LogP contribution in [0, 0.1) is 0 Å². The molecular weight excluding hydrogens is 212 g/mol. The lowest BCUT2D eigenvalue weighted by atomic mass is 10.0. The molecule has 1 aliphatic rings. The van der Waals surface area contributed by atoms with E-state index in [0.29, 0.717) is 0 Å². The van der Waals surface area contributed by atoms with Crippen LogP contribution in [-0.4, -0.2) is 32.7 Å². The highest BCUT2D eigenvalue weighted by molar-refractivity contribution is 6.42. The Balaban J connectivity index is 2.59. The van der Waals surface area contributed by atoms with Crippen LogP contribution in [-0.2, 0) is 9.59 Å². The number of benzene rings is 1. The van der Waals surface area contributed by atoms with Crippen molar-refractivity contribution in [1.29, 1.82) is 0 Å². The van der Waals surface area contributed by atoms with Crippen LogP contribution in [0.15, 0.2) is 36.1 Å². The van der Waals surface area contributed by atoms with Crippen LogP contribution in [0.2, 0.25) is 0 Å². The van der Waals surface area contributed by atoms with Crippen LogP contribution in [0.4, 0.5) is 0 Å². The lowest BCUT2D eigenvalue weighted by molar-refractivity contribution is -0.181. The number of Topliss-reactive ketones (excluding diaryl/α,β-unsaturated/α-hetero) is 2. The lowest BCUT2D eigenvalue weighted by Crippen LogP contribution is -2.42. The second-order valence-electron chi connectivity index (χ2n) is 3.42. The predicted octanol–water partition coefficient (Wildman–Crippen LogP) is -0.212. The number of carbonyl (C=O) groups excluding carboxylic acids is 2. The van der Waals surface area contributed by atoms with Gasteiger partial charge in [-0.3, -0.25) is 9.59 Å². The van der Waals surface area contributed by atoms with Gasteiger partial charge in [-0.1, -0.05) is 30.3 Å². The molecule has 82 valence electrons. The molecule has 0 unspecified atom stereocenters. The summed E-state index contributed by atoms with van der Waals surface area (Å²) in [5.74, 6) is -6.66. The summed E-state index contributed by atoms with van der Waals surface area (Å²) in [6, 6.07) is 7.86. The topological polar surface area (TPSA) is 94.8 Å². The van der Waals surface area contributed by atoms with E-state index in [1.165, 1.54) is 12.1 Å². The van der Waals surface area contributed by atoms with E-state index in [1.54, 1.807) is 18.2 Å². The Kier molecular flexibility index (Phi) is 2.15. The van der Waals surface area contributed by atoms with E-state index in [-0.39, 0.29) is 11.1 Å². The molecule has 0 spiro atoms. The number of carbonyl (C=O) groups is 2. The first-order valence-corrected chi connectivity index (χ1v) is 4.49. The molecule has 0 radical (unpaired) electrons. The highest BCUT2D eigenvalue weighted by Gasteiger charge is 2.53. The van der Waals surface area contributed by atoms with Crippen molar-refractivity contribution in [1.82, 2.24) is 0 Å². The van der Waals surface area contributed by atoms with E-state index in [1.807, 2.05) is 0 Å². The van der Waals surface area contributed by atoms with Crippen molar-refractivity contribution in [3.63, 3.8) is 0 Å². The second-order valence-corrected chi connectivity index (χ2v) is 3.42. The Labute approximate surface area is 90.3 Å². The molecule has 0 aromatic heterocycles. The Morgan fingerprint density at radius 2 is 1.50 bits per heavy atom.